The van der Waals surface area contributed by atoms with Gasteiger partial charge in [-0.25, -0.2) is 9.38 Å². The fourth-order valence-corrected chi connectivity index (χ4v) is 3.45. The number of amides is 1. The minimum atomic E-state index is -0.493. The molecule has 0 saturated carbocycles. The maximum Gasteiger partial charge on any atom is 0.256 e. The van der Waals surface area contributed by atoms with E-state index in [1.54, 1.807) is 36.4 Å². The number of rotatable bonds is 4. The number of carbonyl (C=O) groups is 1. The van der Waals surface area contributed by atoms with Crippen molar-refractivity contribution in [2.75, 3.05) is 13.2 Å². The maximum absolute atomic E-state index is 14.2. The lowest BCUT2D eigenvalue weighted by Gasteiger charge is -2.11. The smallest absolute Gasteiger partial charge is 0.256 e. The molecule has 1 saturated heterocycles. The summed E-state index contributed by atoms with van der Waals surface area (Å²) in [5.41, 5.74) is 1.70. The van der Waals surface area contributed by atoms with E-state index >= 15 is 0 Å². The highest BCUT2D eigenvalue weighted by Crippen LogP contribution is 2.21. The van der Waals surface area contributed by atoms with Crippen LogP contribution in [0.3, 0.4) is 0 Å². The molecule has 4 rings (SSSR count). The highest BCUT2D eigenvalue weighted by molar-refractivity contribution is 6.31. The van der Waals surface area contributed by atoms with Crippen molar-refractivity contribution in [2.24, 2.45) is 4.99 Å². The number of nitrogens with one attached hydrogen (secondary N) is 1. The molecule has 1 unspecified atom stereocenters. The third kappa shape index (κ3) is 4.49. The topological polar surface area (TPSA) is 63.8 Å². The number of ether oxygens (including phenoxy) is 1. The molecule has 0 radical (unpaired) electrons. The lowest BCUT2D eigenvalue weighted by atomic mass is 10.1. The van der Waals surface area contributed by atoms with Gasteiger partial charge in [0.2, 0.25) is 5.55 Å². The number of hydrogen-bond acceptors (Lipinski definition) is 4. The first-order valence-corrected chi connectivity index (χ1v) is 9.81. The van der Waals surface area contributed by atoms with Crippen molar-refractivity contribution in [3.8, 4) is 0 Å². The number of hydrogen-bond donors (Lipinski definition) is 1. The van der Waals surface area contributed by atoms with Crippen LogP contribution in [0.2, 0.25) is 5.02 Å². The molecule has 1 aliphatic rings. The van der Waals surface area contributed by atoms with Gasteiger partial charge in [-0.05, 0) is 61.7 Å². The van der Waals surface area contributed by atoms with Crippen molar-refractivity contribution >= 4 is 34.2 Å². The van der Waals surface area contributed by atoms with Crippen LogP contribution in [0.5, 0.6) is 0 Å². The first-order chi connectivity index (χ1) is 14.0. The number of fused-ring (bicyclic) bond motifs is 1. The Labute approximate surface area is 172 Å². The van der Waals surface area contributed by atoms with Gasteiger partial charge in [0.05, 0.1) is 6.10 Å². The second kappa shape index (κ2) is 8.35. The van der Waals surface area contributed by atoms with E-state index in [0.29, 0.717) is 29.1 Å². The van der Waals surface area contributed by atoms with Gasteiger partial charge in [0, 0.05) is 23.6 Å². The Morgan fingerprint density at radius 2 is 2.14 bits per heavy atom. The van der Waals surface area contributed by atoms with E-state index in [1.807, 2.05) is 6.92 Å². The molecule has 3 aromatic rings. The van der Waals surface area contributed by atoms with Gasteiger partial charge >= 0.3 is 0 Å². The molecule has 1 amide bonds. The normalized spacial score (nSPS) is 17.1. The number of carbonyl (C=O) groups excluding carboxylic acids is 1. The highest BCUT2D eigenvalue weighted by Gasteiger charge is 2.19. The van der Waals surface area contributed by atoms with E-state index in [9.17, 15) is 9.18 Å². The van der Waals surface area contributed by atoms with Crippen molar-refractivity contribution in [1.82, 2.24) is 5.32 Å². The van der Waals surface area contributed by atoms with Crippen LogP contribution in [0.15, 0.2) is 51.9 Å². The largest absolute Gasteiger partial charge is 0.438 e. The van der Waals surface area contributed by atoms with Gasteiger partial charge in [0.25, 0.3) is 5.91 Å². The zero-order valence-corrected chi connectivity index (χ0v) is 16.6. The van der Waals surface area contributed by atoms with Gasteiger partial charge in [-0.1, -0.05) is 17.7 Å². The average Bonchev–Trinajstić information content (AvgIpc) is 3.22. The zero-order chi connectivity index (χ0) is 20.4. The molecule has 1 aliphatic heterocycles. The van der Waals surface area contributed by atoms with Crippen LogP contribution in [-0.2, 0) is 4.74 Å². The summed E-state index contributed by atoms with van der Waals surface area (Å²) in [7, 11) is 0. The Morgan fingerprint density at radius 1 is 1.28 bits per heavy atom. The van der Waals surface area contributed by atoms with Gasteiger partial charge in [0.15, 0.2) is 0 Å². The molecule has 2 aromatic carbocycles. The first kappa shape index (κ1) is 19.6. The molecule has 150 valence electrons. The summed E-state index contributed by atoms with van der Waals surface area (Å²) >= 11 is 6.07. The van der Waals surface area contributed by atoms with Crippen molar-refractivity contribution in [3.63, 3.8) is 0 Å². The van der Waals surface area contributed by atoms with Crippen LogP contribution in [-0.4, -0.2) is 25.2 Å². The van der Waals surface area contributed by atoms with Crippen molar-refractivity contribution in [1.29, 1.82) is 0 Å². The highest BCUT2D eigenvalue weighted by atomic mass is 35.5. The minimum absolute atomic E-state index is 0.000366. The average molecular weight is 415 g/mol. The summed E-state index contributed by atoms with van der Waals surface area (Å²) in [6.07, 6.45) is 1.89. The lowest BCUT2D eigenvalue weighted by Crippen LogP contribution is -2.34. The van der Waals surface area contributed by atoms with Crippen LogP contribution < -0.4 is 10.9 Å². The minimum Gasteiger partial charge on any atom is -0.438 e. The van der Waals surface area contributed by atoms with Gasteiger partial charge in [0.1, 0.15) is 22.7 Å². The van der Waals surface area contributed by atoms with E-state index in [-0.39, 0.29) is 28.8 Å². The molecule has 0 aliphatic carbocycles. The fraction of sp³-hybridized carbons (Fsp3) is 0.273. The molecule has 0 bridgehead atoms. The predicted octanol–water partition coefficient (Wildman–Crippen LogP) is 4.67. The van der Waals surface area contributed by atoms with Crippen molar-refractivity contribution < 1.29 is 18.3 Å². The Kier molecular flexibility index (Phi) is 5.65. The van der Waals surface area contributed by atoms with Gasteiger partial charge in [-0.2, -0.15) is 0 Å². The van der Waals surface area contributed by atoms with E-state index in [4.69, 9.17) is 20.8 Å². The van der Waals surface area contributed by atoms with E-state index < -0.39 is 5.82 Å². The Hall–Kier alpha value is -2.70. The van der Waals surface area contributed by atoms with Crippen molar-refractivity contribution in [3.05, 3.63) is 70.0 Å². The standard InChI is InChI=1S/C22H20ClFN2O3/c1-13-4-6-18(24)19(9-13)26-22-17(21(27)25-12-16-3-2-8-28-16)11-14-10-15(23)5-7-20(14)29-22/h4-7,9-11,16H,2-3,8,12H2,1H3,(H,25,27). The molecule has 0 spiro atoms. The molecule has 1 atom stereocenters. The Balaban J connectivity index is 1.79. The monoisotopic (exact) mass is 414 g/mol. The summed E-state index contributed by atoms with van der Waals surface area (Å²) < 4.78 is 25.6. The molecule has 1 fully saturated rings. The first-order valence-electron chi connectivity index (χ1n) is 9.44. The van der Waals surface area contributed by atoms with Crippen LogP contribution >= 0.6 is 11.6 Å². The number of halogens is 2. The Bertz CT molecular complexity index is 1140. The quantitative estimate of drug-likeness (QED) is 0.674. The summed E-state index contributed by atoms with van der Waals surface area (Å²) in [6.45, 7) is 2.94. The molecule has 1 N–H and O–H groups in total. The molecular weight excluding hydrogens is 395 g/mol. The molecule has 2 heterocycles. The number of benzene rings is 2. The van der Waals surface area contributed by atoms with Gasteiger partial charge in [-0.3, -0.25) is 4.79 Å². The molecular formula is C22H20ClFN2O3. The lowest BCUT2D eigenvalue weighted by molar-refractivity contribution is 0.0854. The molecule has 7 heteroatoms. The summed E-state index contributed by atoms with van der Waals surface area (Å²) in [6, 6.07) is 11.3. The Morgan fingerprint density at radius 3 is 2.93 bits per heavy atom. The zero-order valence-electron chi connectivity index (χ0n) is 15.9. The third-order valence-electron chi connectivity index (χ3n) is 4.79. The molecule has 1 aromatic heterocycles. The summed E-state index contributed by atoms with van der Waals surface area (Å²) in [5, 5.41) is 4.04. The predicted molar refractivity (Wildman–Crippen MR) is 109 cm³/mol. The number of nitrogens with zero attached hydrogens (tertiary/aromatic N) is 1. The third-order valence-corrected chi connectivity index (χ3v) is 5.03. The summed E-state index contributed by atoms with van der Waals surface area (Å²) in [4.78, 5) is 17.2. The molecule has 29 heavy (non-hydrogen) atoms. The van der Waals surface area contributed by atoms with E-state index in [2.05, 4.69) is 10.3 Å². The van der Waals surface area contributed by atoms with Crippen LogP contribution in [0.1, 0.15) is 28.8 Å². The van der Waals surface area contributed by atoms with E-state index in [0.717, 1.165) is 18.4 Å². The SMILES string of the molecule is Cc1ccc(F)c(N=c2oc3ccc(Cl)cc3cc2C(=O)NCC2CCCO2)c1. The van der Waals surface area contributed by atoms with Crippen molar-refractivity contribution in [2.45, 2.75) is 25.9 Å². The summed E-state index contributed by atoms with van der Waals surface area (Å²) in [5.74, 6) is -0.856. The van der Waals surface area contributed by atoms with Gasteiger partial charge < -0.3 is 14.5 Å². The van der Waals surface area contributed by atoms with Crippen LogP contribution in [0, 0.1) is 12.7 Å². The van der Waals surface area contributed by atoms with Crippen LogP contribution in [0.4, 0.5) is 10.1 Å². The second-order valence-corrected chi connectivity index (χ2v) is 7.50. The fourth-order valence-electron chi connectivity index (χ4n) is 3.27. The van der Waals surface area contributed by atoms with Gasteiger partial charge in [-0.15, -0.1) is 0 Å². The van der Waals surface area contributed by atoms with Crippen LogP contribution in [0.25, 0.3) is 11.0 Å². The number of aryl methyl sites for hydroxylation is 1. The maximum atomic E-state index is 14.2. The van der Waals surface area contributed by atoms with E-state index in [1.165, 1.54) is 6.07 Å². The second-order valence-electron chi connectivity index (χ2n) is 7.06. The molecule has 5 nitrogen and oxygen atoms in total.